The molecule has 0 spiro atoms. The highest BCUT2D eigenvalue weighted by atomic mass is 19.3. The molecular weight excluding hydrogens is 234 g/mol. The molecule has 0 amide bonds. The van der Waals surface area contributed by atoms with E-state index in [1.807, 2.05) is 0 Å². The molecule has 0 radical (unpaired) electrons. The van der Waals surface area contributed by atoms with Crippen molar-refractivity contribution in [3.05, 3.63) is 23.8 Å². The summed E-state index contributed by atoms with van der Waals surface area (Å²) in [7, 11) is 0. The molecule has 2 rings (SSSR count). The number of hydrogen-bond acceptors (Lipinski definition) is 2. The average Bonchev–Trinajstić information content (AvgIpc) is 2.62. The van der Waals surface area contributed by atoms with Gasteiger partial charge < -0.3 is 11.1 Å². The predicted molar refractivity (Wildman–Crippen MR) is 70.8 cm³/mol. The van der Waals surface area contributed by atoms with E-state index >= 15 is 0 Å². The second kappa shape index (κ2) is 3.84. The largest absolute Gasteiger partial charge is 0.399 e. The molecule has 0 atom stereocenters. The predicted octanol–water partition coefficient (Wildman–Crippen LogP) is 4.05. The van der Waals surface area contributed by atoms with Gasteiger partial charge in [-0.15, -0.1) is 0 Å². The molecule has 0 saturated heterocycles. The minimum atomic E-state index is -2.51. The molecule has 0 aromatic heterocycles. The molecule has 100 valence electrons. The van der Waals surface area contributed by atoms with Crippen molar-refractivity contribution in [1.82, 2.24) is 0 Å². The first kappa shape index (κ1) is 13.1. The van der Waals surface area contributed by atoms with Gasteiger partial charge in [-0.3, -0.25) is 0 Å². The maximum Gasteiger partial charge on any atom is 0.265 e. The smallest absolute Gasteiger partial charge is 0.265 e. The van der Waals surface area contributed by atoms with Crippen molar-refractivity contribution in [3.8, 4) is 0 Å². The summed E-state index contributed by atoms with van der Waals surface area (Å²) in [5.74, 6) is 0. The summed E-state index contributed by atoms with van der Waals surface area (Å²) in [6.07, 6.45) is -2.51. The number of benzene rings is 1. The second-order valence-corrected chi connectivity index (χ2v) is 6.17. The van der Waals surface area contributed by atoms with E-state index in [0.717, 1.165) is 0 Å². The van der Waals surface area contributed by atoms with Gasteiger partial charge in [0.1, 0.15) is 0 Å². The Morgan fingerprint density at radius 1 is 1.17 bits per heavy atom. The number of rotatable bonds is 3. The fraction of sp³-hybridized carbons (Fsp3) is 0.571. The second-order valence-electron chi connectivity index (χ2n) is 6.17. The molecule has 4 heteroatoms. The van der Waals surface area contributed by atoms with E-state index in [1.165, 1.54) is 6.07 Å². The number of hydrogen-bond donors (Lipinski definition) is 2. The number of anilines is 2. The van der Waals surface area contributed by atoms with Crippen molar-refractivity contribution in [1.29, 1.82) is 0 Å². The van der Waals surface area contributed by atoms with Crippen LogP contribution in [0.2, 0.25) is 0 Å². The van der Waals surface area contributed by atoms with Gasteiger partial charge in [0.25, 0.3) is 6.43 Å². The van der Waals surface area contributed by atoms with Gasteiger partial charge in [0.2, 0.25) is 0 Å². The van der Waals surface area contributed by atoms with E-state index in [9.17, 15) is 8.78 Å². The zero-order valence-corrected chi connectivity index (χ0v) is 11.2. The van der Waals surface area contributed by atoms with E-state index in [4.69, 9.17) is 5.73 Å². The van der Waals surface area contributed by atoms with Gasteiger partial charge in [-0.05, 0) is 29.0 Å². The molecule has 3 N–H and O–H groups in total. The lowest BCUT2D eigenvalue weighted by Gasteiger charge is -2.14. The maximum atomic E-state index is 13.0. The van der Waals surface area contributed by atoms with Gasteiger partial charge in [-0.1, -0.05) is 27.7 Å². The molecule has 0 aliphatic heterocycles. The van der Waals surface area contributed by atoms with Gasteiger partial charge in [0.15, 0.2) is 0 Å². The van der Waals surface area contributed by atoms with E-state index in [1.54, 1.807) is 12.1 Å². The third-order valence-electron chi connectivity index (χ3n) is 4.63. The van der Waals surface area contributed by atoms with Crippen LogP contribution in [0.5, 0.6) is 0 Å². The zero-order chi connectivity index (χ0) is 13.7. The lowest BCUT2D eigenvalue weighted by molar-refractivity contribution is 0.152. The van der Waals surface area contributed by atoms with Crippen LogP contribution in [0.3, 0.4) is 0 Å². The van der Waals surface area contributed by atoms with Crippen molar-refractivity contribution in [2.45, 2.75) is 40.2 Å². The topological polar surface area (TPSA) is 38.0 Å². The fourth-order valence-corrected chi connectivity index (χ4v) is 2.61. The first-order chi connectivity index (χ1) is 8.18. The third-order valence-corrected chi connectivity index (χ3v) is 4.63. The van der Waals surface area contributed by atoms with Gasteiger partial charge in [0, 0.05) is 23.0 Å². The SMILES string of the molecule is CC1(C)C(Nc2ccc(N)cc2C(F)F)C1(C)C. The molecule has 1 aliphatic rings. The van der Waals surface area contributed by atoms with Crippen LogP contribution in [0.15, 0.2) is 18.2 Å². The fourth-order valence-electron chi connectivity index (χ4n) is 2.61. The van der Waals surface area contributed by atoms with Crippen molar-refractivity contribution >= 4 is 11.4 Å². The summed E-state index contributed by atoms with van der Waals surface area (Å²) in [4.78, 5) is 0. The number of nitrogens with two attached hydrogens (primary N) is 1. The van der Waals surface area contributed by atoms with Crippen LogP contribution >= 0.6 is 0 Å². The highest BCUT2D eigenvalue weighted by Gasteiger charge is 2.65. The first-order valence-electron chi connectivity index (χ1n) is 6.12. The Bertz CT molecular complexity index is 453. The number of nitrogens with one attached hydrogen (secondary N) is 1. The highest BCUT2D eigenvalue weighted by Crippen LogP contribution is 2.63. The number of alkyl halides is 2. The lowest BCUT2D eigenvalue weighted by atomic mass is 10.0. The van der Waals surface area contributed by atoms with Gasteiger partial charge >= 0.3 is 0 Å². The molecule has 1 aromatic rings. The van der Waals surface area contributed by atoms with Crippen LogP contribution in [0, 0.1) is 10.8 Å². The van der Waals surface area contributed by atoms with E-state index in [0.29, 0.717) is 11.4 Å². The summed E-state index contributed by atoms with van der Waals surface area (Å²) < 4.78 is 25.9. The average molecular weight is 254 g/mol. The molecule has 0 unspecified atom stereocenters. The van der Waals surface area contributed by atoms with Crippen LogP contribution in [0.1, 0.15) is 39.7 Å². The van der Waals surface area contributed by atoms with Crippen LogP contribution < -0.4 is 11.1 Å². The Balaban J connectivity index is 2.26. The molecule has 0 heterocycles. The molecule has 2 nitrogen and oxygen atoms in total. The third kappa shape index (κ3) is 1.84. The molecular formula is C14H20F2N2. The van der Waals surface area contributed by atoms with Crippen molar-refractivity contribution in [3.63, 3.8) is 0 Å². The highest BCUT2D eigenvalue weighted by molar-refractivity contribution is 5.60. The van der Waals surface area contributed by atoms with Gasteiger partial charge in [0.05, 0.1) is 0 Å². The van der Waals surface area contributed by atoms with E-state index in [2.05, 4.69) is 33.0 Å². The molecule has 1 aliphatic carbocycles. The van der Waals surface area contributed by atoms with Crippen molar-refractivity contribution in [2.24, 2.45) is 10.8 Å². The van der Waals surface area contributed by atoms with Crippen molar-refractivity contribution < 1.29 is 8.78 Å². The lowest BCUT2D eigenvalue weighted by Crippen LogP contribution is -2.12. The van der Waals surface area contributed by atoms with Crippen molar-refractivity contribution in [2.75, 3.05) is 11.1 Å². The van der Waals surface area contributed by atoms with E-state index < -0.39 is 6.43 Å². The summed E-state index contributed by atoms with van der Waals surface area (Å²) in [6.45, 7) is 8.57. The molecule has 0 bridgehead atoms. The maximum absolute atomic E-state index is 13.0. The Morgan fingerprint density at radius 3 is 2.17 bits per heavy atom. The van der Waals surface area contributed by atoms with Crippen LogP contribution in [0.4, 0.5) is 20.2 Å². The van der Waals surface area contributed by atoms with Crippen LogP contribution in [-0.2, 0) is 0 Å². The van der Waals surface area contributed by atoms with Crippen LogP contribution in [-0.4, -0.2) is 6.04 Å². The minimum Gasteiger partial charge on any atom is -0.399 e. The normalized spacial score (nSPS) is 21.1. The minimum absolute atomic E-state index is 0.0199. The Kier molecular flexibility index (Phi) is 2.80. The quantitative estimate of drug-likeness (QED) is 0.798. The molecule has 1 aromatic carbocycles. The standard InChI is InChI=1S/C14H20F2N2/c1-13(2)12(14(13,3)4)18-10-6-5-8(17)7-9(10)11(15)16/h5-7,11-12,18H,17H2,1-4H3. The summed E-state index contributed by atoms with van der Waals surface area (Å²) >= 11 is 0. The Morgan fingerprint density at radius 2 is 1.72 bits per heavy atom. The van der Waals surface area contributed by atoms with E-state index in [-0.39, 0.29) is 22.4 Å². The Labute approximate surface area is 107 Å². The summed E-state index contributed by atoms with van der Waals surface area (Å²) in [6, 6.07) is 4.83. The Hall–Kier alpha value is -1.32. The number of nitrogen functional groups attached to an aromatic ring is 1. The zero-order valence-electron chi connectivity index (χ0n) is 11.2. The summed E-state index contributed by atoms with van der Waals surface area (Å²) in [5, 5.41) is 3.24. The molecule has 1 saturated carbocycles. The van der Waals surface area contributed by atoms with Gasteiger partial charge in [-0.25, -0.2) is 8.78 Å². The number of halogens is 2. The van der Waals surface area contributed by atoms with Crippen LogP contribution in [0.25, 0.3) is 0 Å². The molecule has 1 fully saturated rings. The monoisotopic (exact) mass is 254 g/mol. The van der Waals surface area contributed by atoms with Gasteiger partial charge in [-0.2, -0.15) is 0 Å². The molecule has 18 heavy (non-hydrogen) atoms. The first-order valence-corrected chi connectivity index (χ1v) is 6.12. The summed E-state index contributed by atoms with van der Waals surface area (Å²) in [5.41, 5.74) is 6.60.